The number of amides is 1. The summed E-state index contributed by atoms with van der Waals surface area (Å²) in [6.07, 6.45) is 1.63. The Hall–Kier alpha value is -1.84. The number of carbonyl (C=O) groups is 1. The van der Waals surface area contributed by atoms with Crippen LogP contribution in [-0.4, -0.2) is 52.7 Å². The maximum absolute atomic E-state index is 14.7. The molecular weight excluding hydrogens is 393 g/mol. The summed E-state index contributed by atoms with van der Waals surface area (Å²) in [4.78, 5) is 14.3. The van der Waals surface area contributed by atoms with Gasteiger partial charge in [0.1, 0.15) is 6.33 Å². The quantitative estimate of drug-likeness (QED) is 0.733. The van der Waals surface area contributed by atoms with Crippen molar-refractivity contribution in [3.63, 3.8) is 0 Å². The van der Waals surface area contributed by atoms with E-state index < -0.39 is 5.82 Å². The van der Waals surface area contributed by atoms with Crippen molar-refractivity contribution in [2.45, 2.75) is 25.0 Å². The Morgan fingerprint density at radius 2 is 2.15 bits per heavy atom. The summed E-state index contributed by atoms with van der Waals surface area (Å²) in [6.45, 7) is 6.09. The van der Waals surface area contributed by atoms with E-state index in [0.29, 0.717) is 42.8 Å². The molecule has 1 aliphatic heterocycles. The lowest BCUT2D eigenvalue weighted by atomic mass is 10.2. The zero-order chi connectivity index (χ0) is 19.4. The molecule has 3 rings (SSSR count). The summed E-state index contributed by atoms with van der Waals surface area (Å²) in [5.41, 5.74) is 0.698. The number of morpholine rings is 1. The number of benzene rings is 1. The molecule has 146 valence electrons. The zero-order valence-electron chi connectivity index (χ0n) is 15.1. The van der Waals surface area contributed by atoms with Gasteiger partial charge in [0.2, 0.25) is 5.91 Å². The number of nitrogens with zero attached hydrogens (tertiary/aromatic N) is 4. The molecule has 1 N–H and O–H groups in total. The van der Waals surface area contributed by atoms with Gasteiger partial charge < -0.3 is 19.5 Å². The Morgan fingerprint density at radius 3 is 2.85 bits per heavy atom. The van der Waals surface area contributed by atoms with Crippen molar-refractivity contribution >= 4 is 40.6 Å². The Bertz CT molecular complexity index is 811. The van der Waals surface area contributed by atoms with Crippen LogP contribution >= 0.6 is 23.4 Å². The van der Waals surface area contributed by atoms with Crippen LogP contribution in [0.3, 0.4) is 0 Å². The molecule has 0 aliphatic carbocycles. The van der Waals surface area contributed by atoms with Crippen LogP contribution in [0.2, 0.25) is 5.02 Å². The third kappa shape index (κ3) is 4.72. The minimum atomic E-state index is -0.538. The van der Waals surface area contributed by atoms with Gasteiger partial charge in [0.25, 0.3) is 0 Å². The lowest BCUT2D eigenvalue weighted by Gasteiger charge is -2.31. The Kier molecular flexibility index (Phi) is 6.56. The molecule has 10 heteroatoms. The fourth-order valence-electron chi connectivity index (χ4n) is 2.74. The smallest absolute Gasteiger partial charge is 0.234 e. The van der Waals surface area contributed by atoms with Crippen LogP contribution in [0, 0.1) is 5.82 Å². The normalized spacial score (nSPS) is 14.6. The van der Waals surface area contributed by atoms with Crippen molar-refractivity contribution in [2.24, 2.45) is 0 Å². The fraction of sp³-hybridized carbons (Fsp3) is 0.471. The predicted molar refractivity (Wildman–Crippen MR) is 104 cm³/mol. The van der Waals surface area contributed by atoms with E-state index in [1.54, 1.807) is 12.4 Å². The first kappa shape index (κ1) is 19.9. The second-order valence-electron chi connectivity index (χ2n) is 6.31. The van der Waals surface area contributed by atoms with Crippen LogP contribution in [-0.2, 0) is 9.53 Å². The molecule has 0 unspecified atom stereocenters. The molecule has 27 heavy (non-hydrogen) atoms. The second-order valence-corrected chi connectivity index (χ2v) is 7.66. The molecule has 2 aromatic rings. The van der Waals surface area contributed by atoms with Gasteiger partial charge in [0, 0.05) is 19.1 Å². The van der Waals surface area contributed by atoms with Crippen LogP contribution < -0.4 is 10.2 Å². The molecule has 1 aromatic heterocycles. The fourth-order valence-corrected chi connectivity index (χ4v) is 3.74. The molecule has 1 fully saturated rings. The Balaban J connectivity index is 1.72. The molecule has 1 amide bonds. The Morgan fingerprint density at radius 1 is 1.41 bits per heavy atom. The van der Waals surface area contributed by atoms with Crippen LogP contribution in [0.5, 0.6) is 0 Å². The van der Waals surface area contributed by atoms with E-state index in [9.17, 15) is 9.18 Å². The maximum Gasteiger partial charge on any atom is 0.234 e. The molecule has 0 spiro atoms. The molecule has 1 saturated heterocycles. The molecule has 1 aliphatic rings. The number of thioether (sulfide) groups is 1. The second kappa shape index (κ2) is 8.90. The van der Waals surface area contributed by atoms with Crippen LogP contribution in [0.15, 0.2) is 23.6 Å². The number of halogens is 2. The van der Waals surface area contributed by atoms with Gasteiger partial charge >= 0.3 is 0 Å². The molecule has 2 heterocycles. The standard InChI is InChI=1S/C17H21ClFN5O2S/c1-11(2)24-10-20-22-17(24)27-9-14(25)21-13-4-3-12(18)15(19)16(13)23-5-7-26-8-6-23/h3-4,10-11H,5-9H2,1-2H3,(H,21,25). The van der Waals surface area contributed by atoms with Gasteiger partial charge in [-0.05, 0) is 26.0 Å². The summed E-state index contributed by atoms with van der Waals surface area (Å²) < 4.78 is 21.9. The molecule has 0 radical (unpaired) electrons. The van der Waals surface area contributed by atoms with E-state index in [1.807, 2.05) is 23.3 Å². The van der Waals surface area contributed by atoms with Crippen molar-refractivity contribution < 1.29 is 13.9 Å². The van der Waals surface area contributed by atoms with E-state index in [-0.39, 0.29) is 22.7 Å². The monoisotopic (exact) mass is 413 g/mol. The average molecular weight is 414 g/mol. The number of hydrogen-bond donors (Lipinski definition) is 1. The van der Waals surface area contributed by atoms with Crippen molar-refractivity contribution in [2.75, 3.05) is 42.3 Å². The molecular formula is C17H21ClFN5O2S. The van der Waals surface area contributed by atoms with Gasteiger partial charge in [-0.25, -0.2) is 4.39 Å². The molecule has 1 aromatic carbocycles. The van der Waals surface area contributed by atoms with E-state index in [4.69, 9.17) is 16.3 Å². The minimum Gasteiger partial charge on any atom is -0.378 e. The van der Waals surface area contributed by atoms with Gasteiger partial charge in [-0.1, -0.05) is 23.4 Å². The minimum absolute atomic E-state index is 0.0221. The van der Waals surface area contributed by atoms with Crippen LogP contribution in [0.25, 0.3) is 0 Å². The number of hydrogen-bond acceptors (Lipinski definition) is 6. The number of nitrogens with one attached hydrogen (secondary N) is 1. The maximum atomic E-state index is 14.7. The molecule has 0 saturated carbocycles. The highest BCUT2D eigenvalue weighted by Gasteiger charge is 2.22. The third-order valence-corrected chi connectivity index (χ3v) is 5.35. The number of ether oxygens (including phenoxy) is 1. The zero-order valence-corrected chi connectivity index (χ0v) is 16.7. The lowest BCUT2D eigenvalue weighted by molar-refractivity contribution is -0.113. The largest absolute Gasteiger partial charge is 0.378 e. The van der Waals surface area contributed by atoms with E-state index in [0.717, 1.165) is 0 Å². The molecule has 7 nitrogen and oxygen atoms in total. The van der Waals surface area contributed by atoms with Crippen molar-refractivity contribution in [3.8, 4) is 0 Å². The number of anilines is 2. The van der Waals surface area contributed by atoms with Gasteiger partial charge in [-0.2, -0.15) is 0 Å². The van der Waals surface area contributed by atoms with E-state index in [2.05, 4.69) is 15.5 Å². The summed E-state index contributed by atoms with van der Waals surface area (Å²) in [7, 11) is 0. The summed E-state index contributed by atoms with van der Waals surface area (Å²) >= 11 is 7.23. The van der Waals surface area contributed by atoms with Gasteiger partial charge in [-0.3, -0.25) is 4.79 Å². The van der Waals surface area contributed by atoms with Crippen molar-refractivity contribution in [1.82, 2.24) is 14.8 Å². The van der Waals surface area contributed by atoms with Crippen LogP contribution in [0.4, 0.5) is 15.8 Å². The van der Waals surface area contributed by atoms with Gasteiger partial charge in [-0.15, -0.1) is 10.2 Å². The first-order valence-corrected chi connectivity index (χ1v) is 9.96. The summed E-state index contributed by atoms with van der Waals surface area (Å²) in [6, 6.07) is 3.26. The van der Waals surface area contributed by atoms with E-state index >= 15 is 0 Å². The van der Waals surface area contributed by atoms with Gasteiger partial charge in [0.05, 0.1) is 35.4 Å². The summed E-state index contributed by atoms with van der Waals surface area (Å²) in [5, 5.41) is 11.4. The Labute approximate surface area is 166 Å². The number of carbonyl (C=O) groups excluding carboxylic acids is 1. The third-order valence-electron chi connectivity index (χ3n) is 4.10. The lowest BCUT2D eigenvalue weighted by Crippen LogP contribution is -2.37. The van der Waals surface area contributed by atoms with Crippen molar-refractivity contribution in [3.05, 3.63) is 29.3 Å². The highest BCUT2D eigenvalue weighted by Crippen LogP contribution is 2.34. The number of rotatable bonds is 6. The summed E-state index contributed by atoms with van der Waals surface area (Å²) in [5.74, 6) is -0.656. The van der Waals surface area contributed by atoms with Gasteiger partial charge in [0.15, 0.2) is 11.0 Å². The molecule has 0 bridgehead atoms. The first-order valence-electron chi connectivity index (χ1n) is 8.60. The highest BCUT2D eigenvalue weighted by atomic mass is 35.5. The van der Waals surface area contributed by atoms with Crippen molar-refractivity contribution in [1.29, 1.82) is 0 Å². The predicted octanol–water partition coefficient (Wildman–Crippen LogP) is 3.22. The molecule has 0 atom stereocenters. The first-order chi connectivity index (χ1) is 13.0. The highest BCUT2D eigenvalue weighted by molar-refractivity contribution is 7.99. The topological polar surface area (TPSA) is 72.3 Å². The average Bonchev–Trinajstić information content (AvgIpc) is 3.13. The SMILES string of the molecule is CC(C)n1cnnc1SCC(=O)Nc1ccc(Cl)c(F)c1N1CCOCC1. The van der Waals surface area contributed by atoms with E-state index in [1.165, 1.54) is 17.8 Å². The van der Waals surface area contributed by atoms with Crippen LogP contribution in [0.1, 0.15) is 19.9 Å². The number of aromatic nitrogens is 3.